The topological polar surface area (TPSA) is 71.5 Å². The third kappa shape index (κ3) is 2.82. The molecule has 0 spiro atoms. The number of H-pyrrole nitrogens is 1. The van der Waals surface area contributed by atoms with E-state index in [1.807, 2.05) is 27.7 Å². The normalized spacial score (nSPS) is 20.5. The van der Waals surface area contributed by atoms with E-state index in [0.29, 0.717) is 10.9 Å². The summed E-state index contributed by atoms with van der Waals surface area (Å²) in [7, 11) is -0.714. The Morgan fingerprint density at radius 1 is 1.29 bits per heavy atom. The molecule has 128 valence electrons. The van der Waals surface area contributed by atoms with Crippen LogP contribution in [0, 0.1) is 5.82 Å². The highest BCUT2D eigenvalue weighted by molar-refractivity contribution is 6.48. The largest absolute Gasteiger partial charge is 0.481 e. The summed E-state index contributed by atoms with van der Waals surface area (Å²) in [5, 5.41) is 9.98. The van der Waals surface area contributed by atoms with Crippen molar-refractivity contribution in [2.24, 2.45) is 0 Å². The maximum absolute atomic E-state index is 13.7. The van der Waals surface area contributed by atoms with Gasteiger partial charge in [-0.3, -0.25) is 4.79 Å². The predicted molar refractivity (Wildman–Crippen MR) is 89.3 cm³/mol. The van der Waals surface area contributed by atoms with Crippen molar-refractivity contribution in [1.29, 1.82) is 0 Å². The molecule has 1 aromatic heterocycles. The van der Waals surface area contributed by atoms with Crippen molar-refractivity contribution in [3.05, 3.63) is 35.8 Å². The van der Waals surface area contributed by atoms with Crippen molar-refractivity contribution >= 4 is 24.0 Å². The molecule has 0 bridgehead atoms. The van der Waals surface area contributed by atoms with E-state index in [-0.39, 0.29) is 12.2 Å². The fraction of sp³-hybridized carbons (Fsp3) is 0.471. The Labute approximate surface area is 140 Å². The van der Waals surface area contributed by atoms with E-state index in [1.165, 1.54) is 12.1 Å². The summed E-state index contributed by atoms with van der Waals surface area (Å²) in [5.74, 6) is -1.87. The zero-order valence-electron chi connectivity index (χ0n) is 14.2. The summed E-state index contributed by atoms with van der Waals surface area (Å²) in [4.78, 5) is 14.5. The number of aliphatic carboxylic acids is 1. The molecule has 2 aromatic rings. The van der Waals surface area contributed by atoms with Crippen LogP contribution in [0.5, 0.6) is 0 Å². The molecule has 0 aliphatic carbocycles. The van der Waals surface area contributed by atoms with Gasteiger partial charge >= 0.3 is 13.1 Å². The van der Waals surface area contributed by atoms with Gasteiger partial charge in [-0.15, -0.1) is 0 Å². The van der Waals surface area contributed by atoms with Gasteiger partial charge in [0.1, 0.15) is 5.82 Å². The van der Waals surface area contributed by atoms with E-state index in [4.69, 9.17) is 9.31 Å². The maximum atomic E-state index is 13.7. The van der Waals surface area contributed by atoms with Gasteiger partial charge in [0.2, 0.25) is 0 Å². The zero-order chi connectivity index (χ0) is 17.7. The molecule has 5 nitrogen and oxygen atoms in total. The number of nitrogens with one attached hydrogen (secondary N) is 1. The first-order chi connectivity index (χ1) is 11.1. The van der Waals surface area contributed by atoms with Gasteiger partial charge in [-0.25, -0.2) is 4.39 Å². The number of fused-ring (bicyclic) bond motifs is 1. The summed E-state index contributed by atoms with van der Waals surface area (Å²) < 4.78 is 25.7. The third-order valence-electron chi connectivity index (χ3n) is 5.07. The molecule has 1 atom stereocenters. The molecule has 0 amide bonds. The van der Waals surface area contributed by atoms with Crippen LogP contribution in [0.3, 0.4) is 0 Å². The number of hydrogen-bond donors (Lipinski definition) is 2. The number of aromatic amines is 1. The fourth-order valence-electron chi connectivity index (χ4n) is 3.02. The Hall–Kier alpha value is -1.86. The molecule has 1 aliphatic rings. The van der Waals surface area contributed by atoms with Crippen LogP contribution < -0.4 is 0 Å². The number of rotatable bonds is 4. The molecule has 1 aliphatic heterocycles. The highest BCUT2D eigenvalue weighted by Gasteiger charge is 2.54. The first kappa shape index (κ1) is 17.0. The lowest BCUT2D eigenvalue weighted by Gasteiger charge is -2.32. The number of halogens is 1. The predicted octanol–water partition coefficient (Wildman–Crippen LogP) is 3.50. The van der Waals surface area contributed by atoms with E-state index in [9.17, 15) is 14.3 Å². The Morgan fingerprint density at radius 3 is 2.50 bits per heavy atom. The SMILES string of the molecule is CC1(C)OB(C(CC(=O)O)c2c[nH]c3ccc(F)cc23)OC1(C)C. The number of carbonyl (C=O) groups is 1. The van der Waals surface area contributed by atoms with Gasteiger partial charge in [-0.2, -0.15) is 0 Å². The first-order valence-corrected chi connectivity index (χ1v) is 7.95. The van der Waals surface area contributed by atoms with Crippen molar-refractivity contribution in [2.75, 3.05) is 0 Å². The van der Waals surface area contributed by atoms with Crippen molar-refractivity contribution < 1.29 is 23.6 Å². The second-order valence-electron chi connectivity index (χ2n) is 7.26. The van der Waals surface area contributed by atoms with Crippen molar-refractivity contribution in [2.45, 2.75) is 51.1 Å². The molecule has 0 saturated carbocycles. The van der Waals surface area contributed by atoms with E-state index >= 15 is 0 Å². The molecule has 7 heteroatoms. The molecular formula is C17H21BFNO4. The van der Waals surface area contributed by atoms with Gasteiger partial charge in [0.15, 0.2) is 0 Å². The van der Waals surface area contributed by atoms with Gasteiger partial charge < -0.3 is 19.4 Å². The molecule has 1 unspecified atom stereocenters. The Bertz CT molecular complexity index is 770. The summed E-state index contributed by atoms with van der Waals surface area (Å²) in [6.07, 6.45) is 1.54. The average Bonchev–Trinajstić information content (AvgIpc) is 2.94. The van der Waals surface area contributed by atoms with E-state index in [1.54, 1.807) is 12.3 Å². The van der Waals surface area contributed by atoms with Gasteiger partial charge in [0.05, 0.1) is 17.6 Å². The number of hydrogen-bond acceptors (Lipinski definition) is 3. The Kier molecular flexibility index (Phi) is 3.96. The van der Waals surface area contributed by atoms with Crippen LogP contribution >= 0.6 is 0 Å². The molecule has 1 saturated heterocycles. The second kappa shape index (κ2) is 5.60. The van der Waals surface area contributed by atoms with E-state index in [0.717, 1.165) is 5.52 Å². The highest BCUT2D eigenvalue weighted by Crippen LogP contribution is 2.43. The van der Waals surface area contributed by atoms with Crippen LogP contribution in [-0.2, 0) is 14.1 Å². The standard InChI is InChI=1S/C17H21BFNO4/c1-16(2)17(3,4)24-18(23-16)13(8-15(21)22)12-9-20-14-6-5-10(19)7-11(12)14/h5-7,9,13,20H,8H2,1-4H3,(H,21,22). The van der Waals surface area contributed by atoms with Crippen molar-refractivity contribution in [1.82, 2.24) is 4.98 Å². The molecule has 24 heavy (non-hydrogen) atoms. The van der Waals surface area contributed by atoms with Gasteiger partial charge in [0, 0.05) is 22.9 Å². The molecule has 1 fully saturated rings. The Balaban J connectivity index is 2.04. The van der Waals surface area contributed by atoms with Crippen molar-refractivity contribution in [3.63, 3.8) is 0 Å². The molecular weight excluding hydrogens is 312 g/mol. The lowest BCUT2D eigenvalue weighted by molar-refractivity contribution is -0.137. The summed E-state index contributed by atoms with van der Waals surface area (Å²) in [5.41, 5.74) is 0.307. The minimum atomic E-state index is -0.958. The van der Waals surface area contributed by atoms with Crippen molar-refractivity contribution in [3.8, 4) is 0 Å². The van der Waals surface area contributed by atoms with Crippen LogP contribution in [0.4, 0.5) is 4.39 Å². The minimum absolute atomic E-state index is 0.166. The van der Waals surface area contributed by atoms with Crippen LogP contribution in [-0.4, -0.2) is 34.4 Å². The lowest BCUT2D eigenvalue weighted by Crippen LogP contribution is -2.41. The third-order valence-corrected chi connectivity index (χ3v) is 5.07. The monoisotopic (exact) mass is 333 g/mol. The average molecular weight is 333 g/mol. The molecule has 2 N–H and O–H groups in total. The minimum Gasteiger partial charge on any atom is -0.481 e. The maximum Gasteiger partial charge on any atom is 0.466 e. The number of aromatic nitrogens is 1. The Morgan fingerprint density at radius 2 is 1.92 bits per heavy atom. The quantitative estimate of drug-likeness (QED) is 0.840. The van der Waals surface area contributed by atoms with Crippen LogP contribution in [0.25, 0.3) is 10.9 Å². The highest BCUT2D eigenvalue weighted by atomic mass is 19.1. The molecule has 1 aromatic carbocycles. The summed E-state index contributed by atoms with van der Waals surface area (Å²) >= 11 is 0. The zero-order valence-corrected chi connectivity index (χ0v) is 14.2. The second-order valence-corrected chi connectivity index (χ2v) is 7.26. The van der Waals surface area contributed by atoms with Gasteiger partial charge in [0.25, 0.3) is 0 Å². The van der Waals surface area contributed by atoms with Gasteiger partial charge in [-0.05, 0) is 51.5 Å². The van der Waals surface area contributed by atoms with Crippen LogP contribution in [0.2, 0.25) is 0 Å². The smallest absolute Gasteiger partial charge is 0.466 e. The summed E-state index contributed by atoms with van der Waals surface area (Å²) in [6, 6.07) is 4.40. The fourth-order valence-corrected chi connectivity index (χ4v) is 3.02. The van der Waals surface area contributed by atoms with Gasteiger partial charge in [-0.1, -0.05) is 0 Å². The first-order valence-electron chi connectivity index (χ1n) is 7.95. The van der Waals surface area contributed by atoms with E-state index < -0.39 is 30.1 Å². The molecule has 2 heterocycles. The number of carboxylic acids is 1. The molecule has 3 rings (SSSR count). The molecule has 0 radical (unpaired) electrons. The lowest BCUT2D eigenvalue weighted by atomic mass is 9.66. The van der Waals surface area contributed by atoms with Crippen LogP contribution in [0.15, 0.2) is 24.4 Å². The number of benzene rings is 1. The van der Waals surface area contributed by atoms with Crippen LogP contribution in [0.1, 0.15) is 45.5 Å². The number of carboxylic acid groups (broad SMARTS) is 1. The van der Waals surface area contributed by atoms with E-state index in [2.05, 4.69) is 4.98 Å². The summed E-state index contributed by atoms with van der Waals surface area (Å²) in [6.45, 7) is 7.67.